The number of aromatic nitrogens is 2. The van der Waals surface area contributed by atoms with Gasteiger partial charge in [0.2, 0.25) is 0 Å². The van der Waals surface area contributed by atoms with Crippen LogP contribution in [0.25, 0.3) is 10.9 Å². The standard InChI is InChI=1S/C21H20F5N5O3S/c1-11(20(32)27-9-21(24,25)26)34-17-6-12(22)4-5-15(17)30-19-18-14(23)7-13(31-35(2,3)33)8-16(18)28-10-29-19/h4-8,10-11H,2,9H2,1,3H3,(H,27,32)(H,31,33)(H,28,29,30)/t11-,35?/m1/s1. The molecule has 14 heteroatoms. The fourth-order valence-electron chi connectivity index (χ4n) is 2.94. The molecule has 0 spiro atoms. The van der Waals surface area contributed by atoms with Crippen molar-refractivity contribution in [3.63, 3.8) is 0 Å². The summed E-state index contributed by atoms with van der Waals surface area (Å²) in [4.78, 5) is 19.9. The molecule has 188 valence electrons. The number of nitrogens with zero attached hydrogens (tertiary/aromatic N) is 2. The minimum Gasteiger partial charge on any atom is -0.479 e. The summed E-state index contributed by atoms with van der Waals surface area (Å²) in [5.74, 6) is 0.569. The van der Waals surface area contributed by atoms with Crippen LogP contribution in [0.2, 0.25) is 0 Å². The molecule has 0 fully saturated rings. The van der Waals surface area contributed by atoms with Crippen molar-refractivity contribution in [2.45, 2.75) is 19.2 Å². The summed E-state index contributed by atoms with van der Waals surface area (Å²) in [7, 11) is -2.68. The maximum Gasteiger partial charge on any atom is 0.405 e. The highest BCUT2D eigenvalue weighted by atomic mass is 32.2. The van der Waals surface area contributed by atoms with Gasteiger partial charge in [0.1, 0.15) is 36.1 Å². The minimum absolute atomic E-state index is 0.0449. The smallest absolute Gasteiger partial charge is 0.405 e. The van der Waals surface area contributed by atoms with E-state index in [2.05, 4.69) is 25.9 Å². The molecule has 0 radical (unpaired) electrons. The maximum atomic E-state index is 14.9. The van der Waals surface area contributed by atoms with Gasteiger partial charge < -0.3 is 20.1 Å². The van der Waals surface area contributed by atoms with E-state index < -0.39 is 46.1 Å². The predicted molar refractivity (Wildman–Crippen MR) is 123 cm³/mol. The SMILES string of the molecule is C=S(C)(=O)Nc1cc(F)c2c(Nc3ccc(F)cc3O[C@H](C)C(=O)NCC(F)(F)F)ncnc2c1. The average molecular weight is 517 g/mol. The molecule has 1 aromatic heterocycles. The number of rotatable bonds is 8. The summed E-state index contributed by atoms with van der Waals surface area (Å²) in [5, 5.41) is 4.38. The van der Waals surface area contributed by atoms with Gasteiger partial charge in [-0.15, -0.1) is 0 Å². The second kappa shape index (κ2) is 9.90. The summed E-state index contributed by atoms with van der Waals surface area (Å²) in [6.45, 7) is -0.374. The van der Waals surface area contributed by atoms with Gasteiger partial charge in [-0.3, -0.25) is 4.79 Å². The molecule has 3 aromatic rings. The Bertz CT molecular complexity index is 1370. The van der Waals surface area contributed by atoms with Crippen molar-refractivity contribution in [2.75, 3.05) is 22.8 Å². The number of carbonyl (C=O) groups is 1. The molecule has 0 saturated heterocycles. The Hall–Kier alpha value is -3.68. The molecule has 0 bridgehead atoms. The van der Waals surface area contributed by atoms with Crippen LogP contribution in [0, 0.1) is 11.6 Å². The largest absolute Gasteiger partial charge is 0.479 e. The lowest BCUT2D eigenvalue weighted by Crippen LogP contribution is -2.41. The fourth-order valence-corrected chi connectivity index (χ4v) is 3.56. The van der Waals surface area contributed by atoms with Gasteiger partial charge >= 0.3 is 6.18 Å². The zero-order valence-electron chi connectivity index (χ0n) is 18.4. The number of nitrogens with one attached hydrogen (secondary N) is 3. The molecule has 0 aliphatic heterocycles. The first-order valence-corrected chi connectivity index (χ1v) is 12.0. The van der Waals surface area contributed by atoms with E-state index in [1.165, 1.54) is 25.3 Å². The molecule has 1 amide bonds. The first-order chi connectivity index (χ1) is 16.2. The molecule has 8 nitrogen and oxygen atoms in total. The van der Waals surface area contributed by atoms with Crippen molar-refractivity contribution in [2.24, 2.45) is 0 Å². The van der Waals surface area contributed by atoms with Gasteiger partial charge in [-0.2, -0.15) is 13.2 Å². The summed E-state index contributed by atoms with van der Waals surface area (Å²) < 4.78 is 85.7. The van der Waals surface area contributed by atoms with Crippen molar-refractivity contribution in [1.29, 1.82) is 0 Å². The molecule has 3 N–H and O–H groups in total. The second-order valence-electron chi connectivity index (χ2n) is 7.54. The molecule has 0 saturated carbocycles. The van der Waals surface area contributed by atoms with Crippen molar-refractivity contribution in [3.8, 4) is 5.75 Å². The third-order valence-electron chi connectivity index (χ3n) is 4.36. The van der Waals surface area contributed by atoms with Crippen molar-refractivity contribution >= 4 is 49.6 Å². The molecule has 35 heavy (non-hydrogen) atoms. The maximum absolute atomic E-state index is 14.9. The molecule has 1 heterocycles. The van der Waals surface area contributed by atoms with Crippen LogP contribution in [0.4, 0.5) is 39.1 Å². The van der Waals surface area contributed by atoms with E-state index in [9.17, 15) is 31.0 Å². The van der Waals surface area contributed by atoms with Crippen LogP contribution < -0.4 is 20.1 Å². The highest BCUT2D eigenvalue weighted by Gasteiger charge is 2.29. The topological polar surface area (TPSA) is 105 Å². The number of hydrogen-bond donors (Lipinski definition) is 3. The molecular weight excluding hydrogens is 497 g/mol. The molecule has 3 rings (SSSR count). The van der Waals surface area contributed by atoms with E-state index in [4.69, 9.17) is 4.74 Å². The second-order valence-corrected chi connectivity index (χ2v) is 9.75. The number of ether oxygens (including phenoxy) is 1. The highest BCUT2D eigenvalue weighted by Crippen LogP contribution is 2.33. The Kier molecular flexibility index (Phi) is 7.33. The summed E-state index contributed by atoms with van der Waals surface area (Å²) in [6, 6.07) is 5.68. The van der Waals surface area contributed by atoms with Gasteiger partial charge in [-0.25, -0.2) is 23.0 Å². The number of halogens is 5. The van der Waals surface area contributed by atoms with E-state index in [0.29, 0.717) is 0 Å². The molecule has 2 atom stereocenters. The van der Waals surface area contributed by atoms with E-state index in [1.807, 2.05) is 0 Å². The third-order valence-corrected chi connectivity index (χ3v) is 5.02. The Balaban J connectivity index is 1.91. The monoisotopic (exact) mass is 517 g/mol. The van der Waals surface area contributed by atoms with Crippen LogP contribution >= 0.6 is 0 Å². The number of amides is 1. The first kappa shape index (κ1) is 25.9. The van der Waals surface area contributed by atoms with Crippen LogP contribution in [-0.4, -0.2) is 51.0 Å². The predicted octanol–water partition coefficient (Wildman–Crippen LogP) is 3.77. The average Bonchev–Trinajstić information content (AvgIpc) is 2.72. The summed E-state index contributed by atoms with van der Waals surface area (Å²) in [5.41, 5.74) is 0.364. The van der Waals surface area contributed by atoms with Crippen molar-refractivity contribution < 1.29 is 35.7 Å². The number of benzene rings is 2. The Morgan fingerprint density at radius 1 is 1.20 bits per heavy atom. The van der Waals surface area contributed by atoms with E-state index in [1.54, 1.807) is 5.32 Å². The number of hydrogen-bond acceptors (Lipinski definition) is 6. The number of alkyl halides is 3. The number of carbonyl (C=O) groups excluding carboxylic acids is 1. The van der Waals surface area contributed by atoms with E-state index >= 15 is 0 Å². The summed E-state index contributed by atoms with van der Waals surface area (Å²) >= 11 is 0. The first-order valence-electron chi connectivity index (χ1n) is 9.84. The van der Waals surface area contributed by atoms with Crippen molar-refractivity contribution in [1.82, 2.24) is 15.3 Å². The van der Waals surface area contributed by atoms with E-state index in [-0.39, 0.29) is 33.8 Å². The lowest BCUT2D eigenvalue weighted by Gasteiger charge is -2.19. The fraction of sp³-hybridized carbons (Fsp3) is 0.238. The van der Waals surface area contributed by atoms with Crippen LogP contribution in [0.5, 0.6) is 5.75 Å². The van der Waals surface area contributed by atoms with Crippen LogP contribution in [0.15, 0.2) is 36.7 Å². The number of fused-ring (bicyclic) bond motifs is 1. The third kappa shape index (κ3) is 7.15. The lowest BCUT2D eigenvalue weighted by atomic mass is 10.2. The van der Waals surface area contributed by atoms with Crippen LogP contribution in [0.3, 0.4) is 0 Å². The van der Waals surface area contributed by atoms with Gasteiger partial charge in [0, 0.05) is 22.0 Å². The Labute approximate surface area is 197 Å². The van der Waals surface area contributed by atoms with Crippen molar-refractivity contribution in [3.05, 3.63) is 48.3 Å². The highest BCUT2D eigenvalue weighted by molar-refractivity contribution is 8.00. The van der Waals surface area contributed by atoms with Gasteiger partial charge in [0.05, 0.1) is 22.3 Å². The zero-order chi connectivity index (χ0) is 26.0. The molecular formula is C21H20F5N5O3S. The van der Waals surface area contributed by atoms with Gasteiger partial charge in [0.15, 0.2) is 6.10 Å². The molecule has 2 aromatic carbocycles. The minimum atomic E-state index is -4.62. The lowest BCUT2D eigenvalue weighted by molar-refractivity contribution is -0.142. The number of anilines is 3. The van der Waals surface area contributed by atoms with Gasteiger partial charge in [-0.05, 0) is 37.1 Å². The molecule has 1 unspecified atom stereocenters. The Morgan fingerprint density at radius 2 is 1.91 bits per heavy atom. The van der Waals surface area contributed by atoms with Gasteiger partial charge in [-0.1, -0.05) is 0 Å². The molecule has 0 aliphatic carbocycles. The van der Waals surface area contributed by atoms with Crippen LogP contribution in [-0.2, 0) is 14.5 Å². The Morgan fingerprint density at radius 3 is 2.57 bits per heavy atom. The summed E-state index contributed by atoms with van der Waals surface area (Å²) in [6.07, 6.45) is -3.57. The van der Waals surface area contributed by atoms with Gasteiger partial charge in [0.25, 0.3) is 5.91 Å². The normalized spacial score (nSPS) is 14.1. The zero-order valence-corrected chi connectivity index (χ0v) is 19.2. The quantitative estimate of drug-likeness (QED) is 0.310. The van der Waals surface area contributed by atoms with Crippen LogP contribution in [0.1, 0.15) is 6.92 Å². The van der Waals surface area contributed by atoms with E-state index in [0.717, 1.165) is 24.5 Å². The molecule has 0 aliphatic rings.